The van der Waals surface area contributed by atoms with Crippen molar-refractivity contribution < 1.29 is 14.3 Å². The monoisotopic (exact) mass is 440 g/mol. The van der Waals surface area contributed by atoms with E-state index in [0.29, 0.717) is 11.3 Å². The second-order valence-electron chi connectivity index (χ2n) is 6.80. The molecule has 0 spiro atoms. The van der Waals surface area contributed by atoms with E-state index in [1.807, 2.05) is 0 Å². The third-order valence-electron chi connectivity index (χ3n) is 4.78. The number of hydrogen-bond donors (Lipinski definition) is 2. The van der Waals surface area contributed by atoms with Gasteiger partial charge in [0.15, 0.2) is 16.3 Å². The van der Waals surface area contributed by atoms with Gasteiger partial charge < -0.3 is 4.74 Å². The van der Waals surface area contributed by atoms with Crippen molar-refractivity contribution in [3.63, 3.8) is 0 Å². The summed E-state index contributed by atoms with van der Waals surface area (Å²) in [6, 6.07) is 6.65. The standard InChI is InChI=1S/C19H16N6O5S/c1-23-12-13(24(2)19(29)25(3)16(12)28)20-18(23)30-10-6-4-9(5-7-10)8-11-14(26)21-17(31)22-15(11)27/h4-8H,1-3H3,(H2,21,22,26,27,31). The Morgan fingerprint density at radius 2 is 1.55 bits per heavy atom. The van der Waals surface area contributed by atoms with E-state index in [-0.39, 0.29) is 27.9 Å². The summed E-state index contributed by atoms with van der Waals surface area (Å²) < 4.78 is 9.51. The lowest BCUT2D eigenvalue weighted by Gasteiger charge is -2.16. The molecule has 0 atom stereocenters. The van der Waals surface area contributed by atoms with E-state index in [2.05, 4.69) is 15.6 Å². The van der Waals surface area contributed by atoms with E-state index in [9.17, 15) is 19.2 Å². The SMILES string of the molecule is Cn1c(=O)c2c(nc(Oc3ccc(C=C4C(=O)NC(=S)NC4=O)cc3)n2C)n(C)c1=O. The minimum atomic E-state index is -0.582. The van der Waals surface area contributed by atoms with Crippen LogP contribution in [0.2, 0.25) is 0 Å². The number of nitrogens with one attached hydrogen (secondary N) is 2. The lowest BCUT2D eigenvalue weighted by Crippen LogP contribution is -2.51. The molecule has 2 N–H and O–H groups in total. The summed E-state index contributed by atoms with van der Waals surface area (Å²) in [7, 11) is 4.53. The average Bonchev–Trinajstić information content (AvgIpc) is 3.05. The van der Waals surface area contributed by atoms with Crippen LogP contribution < -0.4 is 26.6 Å². The molecule has 31 heavy (non-hydrogen) atoms. The summed E-state index contributed by atoms with van der Waals surface area (Å²) >= 11 is 4.77. The largest absolute Gasteiger partial charge is 0.425 e. The third-order valence-corrected chi connectivity index (χ3v) is 4.98. The van der Waals surface area contributed by atoms with Crippen LogP contribution in [0.3, 0.4) is 0 Å². The van der Waals surface area contributed by atoms with Crippen molar-refractivity contribution in [2.75, 3.05) is 0 Å². The maximum Gasteiger partial charge on any atom is 0.332 e. The number of aromatic nitrogens is 4. The number of carbonyl (C=O) groups excluding carboxylic acids is 2. The Balaban J connectivity index is 1.65. The zero-order chi connectivity index (χ0) is 22.4. The fraction of sp³-hybridized carbons (Fsp3) is 0.158. The number of fused-ring (bicyclic) bond motifs is 1. The van der Waals surface area contributed by atoms with Gasteiger partial charge in [0.05, 0.1) is 0 Å². The van der Waals surface area contributed by atoms with Gasteiger partial charge in [0.25, 0.3) is 17.4 Å². The van der Waals surface area contributed by atoms with Crippen LogP contribution in [0.25, 0.3) is 17.2 Å². The molecule has 0 aliphatic carbocycles. The fourth-order valence-electron chi connectivity index (χ4n) is 3.10. The number of thiocarbonyl (C=S) groups is 1. The molecule has 2 amide bonds. The Morgan fingerprint density at radius 3 is 2.16 bits per heavy atom. The van der Waals surface area contributed by atoms with Crippen molar-refractivity contribution in [1.82, 2.24) is 29.3 Å². The fourth-order valence-corrected chi connectivity index (χ4v) is 3.29. The molecule has 11 nitrogen and oxygen atoms in total. The number of nitrogens with zero attached hydrogens (tertiary/aromatic N) is 4. The normalized spacial score (nSPS) is 13.9. The molecule has 1 aliphatic heterocycles. The Bertz CT molecular complexity index is 1410. The van der Waals surface area contributed by atoms with Gasteiger partial charge in [-0.15, -0.1) is 0 Å². The highest BCUT2D eigenvalue weighted by Crippen LogP contribution is 2.23. The van der Waals surface area contributed by atoms with Crippen LogP contribution in [0.15, 0.2) is 39.4 Å². The van der Waals surface area contributed by atoms with Gasteiger partial charge in [-0.2, -0.15) is 4.98 Å². The highest BCUT2D eigenvalue weighted by Gasteiger charge is 2.25. The van der Waals surface area contributed by atoms with Gasteiger partial charge in [-0.05, 0) is 36.0 Å². The van der Waals surface area contributed by atoms with E-state index < -0.39 is 23.1 Å². The number of amides is 2. The molecule has 12 heteroatoms. The average molecular weight is 440 g/mol. The molecule has 1 fully saturated rings. The van der Waals surface area contributed by atoms with Gasteiger partial charge >= 0.3 is 11.7 Å². The maximum absolute atomic E-state index is 12.4. The molecule has 158 valence electrons. The van der Waals surface area contributed by atoms with E-state index >= 15 is 0 Å². The smallest absolute Gasteiger partial charge is 0.332 e. The van der Waals surface area contributed by atoms with Crippen molar-refractivity contribution in [1.29, 1.82) is 0 Å². The lowest BCUT2D eigenvalue weighted by atomic mass is 10.1. The maximum atomic E-state index is 12.4. The predicted octanol–water partition coefficient (Wildman–Crippen LogP) is -0.323. The van der Waals surface area contributed by atoms with E-state index in [0.717, 1.165) is 4.57 Å². The first-order valence-corrected chi connectivity index (χ1v) is 9.37. The minimum absolute atomic E-state index is 0.0364. The summed E-state index contributed by atoms with van der Waals surface area (Å²) in [6.45, 7) is 0. The number of rotatable bonds is 3. The van der Waals surface area contributed by atoms with Crippen molar-refractivity contribution in [2.45, 2.75) is 0 Å². The van der Waals surface area contributed by atoms with Crippen LogP contribution >= 0.6 is 12.2 Å². The van der Waals surface area contributed by atoms with Crippen molar-refractivity contribution >= 4 is 46.4 Å². The molecule has 0 bridgehead atoms. The summed E-state index contributed by atoms with van der Waals surface area (Å²) in [5.41, 5.74) is -0.0203. The van der Waals surface area contributed by atoms with Gasteiger partial charge in [0.1, 0.15) is 11.3 Å². The number of benzene rings is 1. The number of hydrogen-bond acceptors (Lipinski definition) is 7. The highest BCUT2D eigenvalue weighted by molar-refractivity contribution is 7.80. The number of aryl methyl sites for hydroxylation is 2. The molecule has 3 aromatic rings. The van der Waals surface area contributed by atoms with Gasteiger partial charge in [-0.25, -0.2) is 4.79 Å². The third kappa shape index (κ3) is 3.42. The van der Waals surface area contributed by atoms with Crippen LogP contribution in [0, 0.1) is 0 Å². The Labute approximate surface area is 179 Å². The summed E-state index contributed by atoms with van der Waals surface area (Å²) in [6.07, 6.45) is 1.42. The van der Waals surface area contributed by atoms with Gasteiger partial charge in [-0.1, -0.05) is 12.1 Å². The molecular weight excluding hydrogens is 424 g/mol. The second kappa shape index (κ2) is 7.32. The molecule has 0 saturated carbocycles. The quantitative estimate of drug-likeness (QED) is 0.324. The van der Waals surface area contributed by atoms with Gasteiger partial charge in [0.2, 0.25) is 0 Å². The first kappa shape index (κ1) is 20.2. The van der Waals surface area contributed by atoms with Crippen molar-refractivity contribution in [2.24, 2.45) is 21.1 Å². The Hall–Kier alpha value is -4.06. The summed E-state index contributed by atoms with van der Waals surface area (Å²) in [5.74, 6) is -0.761. The molecule has 1 saturated heterocycles. The first-order chi connectivity index (χ1) is 14.7. The van der Waals surface area contributed by atoms with Gasteiger partial charge in [-0.3, -0.25) is 38.7 Å². The topological polar surface area (TPSA) is 129 Å². The van der Waals surface area contributed by atoms with Crippen LogP contribution in [0.5, 0.6) is 11.8 Å². The zero-order valence-corrected chi connectivity index (χ0v) is 17.4. The summed E-state index contributed by atoms with van der Waals surface area (Å²) in [5, 5.41) is 4.69. The second-order valence-corrected chi connectivity index (χ2v) is 7.21. The molecule has 1 aromatic carbocycles. The van der Waals surface area contributed by atoms with Crippen LogP contribution in [0.4, 0.5) is 0 Å². The van der Waals surface area contributed by atoms with Crippen LogP contribution in [-0.2, 0) is 30.7 Å². The Morgan fingerprint density at radius 1 is 0.935 bits per heavy atom. The number of carbonyl (C=O) groups is 2. The zero-order valence-electron chi connectivity index (χ0n) is 16.6. The van der Waals surface area contributed by atoms with Crippen molar-refractivity contribution in [3.05, 3.63) is 56.2 Å². The van der Waals surface area contributed by atoms with E-state index in [1.54, 1.807) is 31.3 Å². The van der Waals surface area contributed by atoms with E-state index in [4.69, 9.17) is 17.0 Å². The molecule has 0 unspecified atom stereocenters. The van der Waals surface area contributed by atoms with Crippen LogP contribution in [0.1, 0.15) is 5.56 Å². The minimum Gasteiger partial charge on any atom is -0.425 e. The molecule has 1 aliphatic rings. The van der Waals surface area contributed by atoms with Gasteiger partial charge in [0, 0.05) is 21.1 Å². The first-order valence-electron chi connectivity index (χ1n) is 8.96. The molecular formula is C19H16N6O5S. The number of ether oxygens (including phenoxy) is 1. The molecule has 3 heterocycles. The van der Waals surface area contributed by atoms with Crippen LogP contribution in [-0.4, -0.2) is 35.6 Å². The van der Waals surface area contributed by atoms with Crippen molar-refractivity contribution in [3.8, 4) is 11.8 Å². The molecule has 4 rings (SSSR count). The Kier molecular flexibility index (Phi) is 4.78. The number of imidazole rings is 1. The lowest BCUT2D eigenvalue weighted by molar-refractivity contribution is -0.123. The predicted molar refractivity (Wildman–Crippen MR) is 115 cm³/mol. The summed E-state index contributed by atoms with van der Waals surface area (Å²) in [4.78, 5) is 52.7. The molecule has 0 radical (unpaired) electrons. The van der Waals surface area contributed by atoms with E-state index in [1.165, 1.54) is 29.3 Å². The molecule has 2 aromatic heterocycles. The highest BCUT2D eigenvalue weighted by atomic mass is 32.1.